The Balaban J connectivity index is 1.96. The van der Waals surface area contributed by atoms with Crippen molar-refractivity contribution in [3.63, 3.8) is 0 Å². The standard InChI is InChI=1S/C20H18O3/c1-22-19-10-9-14(12-18(19)21)7-8-15-11-16-5-3-4-6-17(16)20(13-15)23-2/h3-13,21H,1-2H3/b8-7+. The maximum atomic E-state index is 9.83. The Kier molecular flexibility index (Phi) is 4.20. The fraction of sp³-hybridized carbons (Fsp3) is 0.100. The molecule has 0 fully saturated rings. The van der Waals surface area contributed by atoms with Gasteiger partial charge in [0.15, 0.2) is 11.5 Å². The van der Waals surface area contributed by atoms with Gasteiger partial charge in [0.2, 0.25) is 0 Å². The van der Waals surface area contributed by atoms with E-state index in [0.29, 0.717) is 5.75 Å². The SMILES string of the molecule is COc1ccc(/C=C/c2cc(OC)c3ccccc3c2)cc1O. The van der Waals surface area contributed by atoms with Crippen LogP contribution in [0.2, 0.25) is 0 Å². The van der Waals surface area contributed by atoms with Gasteiger partial charge in [-0.3, -0.25) is 0 Å². The molecule has 0 radical (unpaired) electrons. The largest absolute Gasteiger partial charge is 0.504 e. The van der Waals surface area contributed by atoms with Crippen LogP contribution in [0.4, 0.5) is 0 Å². The van der Waals surface area contributed by atoms with E-state index in [2.05, 4.69) is 12.1 Å². The fourth-order valence-electron chi connectivity index (χ4n) is 2.57. The number of aromatic hydroxyl groups is 1. The first-order valence-corrected chi connectivity index (χ1v) is 7.33. The Bertz CT molecular complexity index is 866. The predicted octanol–water partition coefficient (Wildman–Crippen LogP) is 4.73. The summed E-state index contributed by atoms with van der Waals surface area (Å²) in [5.74, 6) is 1.44. The Morgan fingerprint density at radius 1 is 0.783 bits per heavy atom. The average Bonchev–Trinajstić information content (AvgIpc) is 2.59. The van der Waals surface area contributed by atoms with Gasteiger partial charge in [0.05, 0.1) is 14.2 Å². The summed E-state index contributed by atoms with van der Waals surface area (Å²) in [5.41, 5.74) is 1.94. The molecule has 0 spiro atoms. The minimum atomic E-state index is 0.130. The summed E-state index contributed by atoms with van der Waals surface area (Å²) in [5, 5.41) is 12.1. The van der Waals surface area contributed by atoms with Crippen LogP contribution < -0.4 is 9.47 Å². The second-order valence-corrected chi connectivity index (χ2v) is 5.21. The van der Waals surface area contributed by atoms with Crippen molar-refractivity contribution in [3.8, 4) is 17.2 Å². The average molecular weight is 306 g/mol. The van der Waals surface area contributed by atoms with Gasteiger partial charge in [0.25, 0.3) is 0 Å². The molecule has 0 bridgehead atoms. The zero-order valence-corrected chi connectivity index (χ0v) is 13.1. The van der Waals surface area contributed by atoms with E-state index in [-0.39, 0.29) is 5.75 Å². The van der Waals surface area contributed by atoms with Crippen LogP contribution in [0.1, 0.15) is 11.1 Å². The van der Waals surface area contributed by atoms with Crippen molar-refractivity contribution in [2.75, 3.05) is 14.2 Å². The molecule has 3 nitrogen and oxygen atoms in total. The second kappa shape index (κ2) is 6.44. The van der Waals surface area contributed by atoms with Crippen molar-refractivity contribution < 1.29 is 14.6 Å². The molecule has 3 aromatic carbocycles. The number of fused-ring (bicyclic) bond motifs is 1. The maximum absolute atomic E-state index is 9.83. The van der Waals surface area contributed by atoms with Gasteiger partial charge in [-0.2, -0.15) is 0 Å². The third-order valence-electron chi connectivity index (χ3n) is 3.74. The number of rotatable bonds is 4. The van der Waals surface area contributed by atoms with Crippen LogP contribution >= 0.6 is 0 Å². The van der Waals surface area contributed by atoms with Crippen LogP contribution in [0.3, 0.4) is 0 Å². The van der Waals surface area contributed by atoms with Gasteiger partial charge < -0.3 is 14.6 Å². The van der Waals surface area contributed by atoms with E-state index in [1.807, 2.05) is 42.5 Å². The van der Waals surface area contributed by atoms with Crippen molar-refractivity contribution in [2.24, 2.45) is 0 Å². The lowest BCUT2D eigenvalue weighted by atomic mass is 10.0. The lowest BCUT2D eigenvalue weighted by Gasteiger charge is -2.07. The number of hydrogen-bond acceptors (Lipinski definition) is 3. The van der Waals surface area contributed by atoms with Crippen LogP contribution in [0.25, 0.3) is 22.9 Å². The Hall–Kier alpha value is -2.94. The molecule has 0 heterocycles. The number of phenolic OH excluding ortho intramolecular Hbond substituents is 1. The first-order chi connectivity index (χ1) is 11.2. The highest BCUT2D eigenvalue weighted by Gasteiger charge is 2.03. The van der Waals surface area contributed by atoms with Crippen molar-refractivity contribution in [1.29, 1.82) is 0 Å². The minimum absolute atomic E-state index is 0.130. The van der Waals surface area contributed by atoms with Gasteiger partial charge in [0.1, 0.15) is 5.75 Å². The van der Waals surface area contributed by atoms with E-state index in [1.54, 1.807) is 19.2 Å². The fourth-order valence-corrected chi connectivity index (χ4v) is 2.57. The first kappa shape index (κ1) is 15.0. The molecule has 0 aliphatic heterocycles. The number of phenols is 1. The second-order valence-electron chi connectivity index (χ2n) is 5.21. The summed E-state index contributed by atoms with van der Waals surface area (Å²) in [7, 11) is 3.21. The van der Waals surface area contributed by atoms with Crippen LogP contribution in [-0.2, 0) is 0 Å². The van der Waals surface area contributed by atoms with E-state index >= 15 is 0 Å². The van der Waals surface area contributed by atoms with Crippen molar-refractivity contribution >= 4 is 22.9 Å². The van der Waals surface area contributed by atoms with Crippen molar-refractivity contribution in [2.45, 2.75) is 0 Å². The van der Waals surface area contributed by atoms with Gasteiger partial charge in [-0.15, -0.1) is 0 Å². The molecule has 0 aliphatic carbocycles. The summed E-state index contributed by atoms with van der Waals surface area (Å²) in [6.45, 7) is 0. The minimum Gasteiger partial charge on any atom is -0.504 e. The molecule has 0 saturated carbocycles. The summed E-state index contributed by atoms with van der Waals surface area (Å²) in [6, 6.07) is 17.5. The Labute approximate surface area is 135 Å². The van der Waals surface area contributed by atoms with E-state index in [0.717, 1.165) is 27.6 Å². The third kappa shape index (κ3) is 3.14. The van der Waals surface area contributed by atoms with Gasteiger partial charge in [0, 0.05) is 5.39 Å². The topological polar surface area (TPSA) is 38.7 Å². The molecular formula is C20H18O3. The summed E-state index contributed by atoms with van der Waals surface area (Å²) in [6.07, 6.45) is 3.94. The monoisotopic (exact) mass is 306 g/mol. The Morgan fingerprint density at radius 2 is 1.52 bits per heavy atom. The van der Waals surface area contributed by atoms with Crippen molar-refractivity contribution in [3.05, 3.63) is 65.7 Å². The van der Waals surface area contributed by atoms with Crippen LogP contribution in [0.5, 0.6) is 17.2 Å². The van der Waals surface area contributed by atoms with E-state index in [1.165, 1.54) is 7.11 Å². The molecule has 0 aromatic heterocycles. The zero-order valence-electron chi connectivity index (χ0n) is 13.1. The maximum Gasteiger partial charge on any atom is 0.160 e. The number of hydrogen-bond donors (Lipinski definition) is 1. The normalized spacial score (nSPS) is 11.0. The molecule has 1 N–H and O–H groups in total. The highest BCUT2D eigenvalue weighted by Crippen LogP contribution is 2.29. The number of benzene rings is 3. The summed E-state index contributed by atoms with van der Waals surface area (Å²) in [4.78, 5) is 0. The summed E-state index contributed by atoms with van der Waals surface area (Å²) < 4.78 is 10.5. The molecule has 0 unspecified atom stereocenters. The highest BCUT2D eigenvalue weighted by atomic mass is 16.5. The molecule has 3 aromatic rings. The molecule has 3 rings (SSSR count). The molecule has 3 heteroatoms. The predicted molar refractivity (Wildman–Crippen MR) is 94.1 cm³/mol. The van der Waals surface area contributed by atoms with Gasteiger partial charge in [-0.1, -0.05) is 42.5 Å². The van der Waals surface area contributed by atoms with E-state index in [9.17, 15) is 5.11 Å². The number of ether oxygens (including phenoxy) is 2. The van der Waals surface area contributed by atoms with E-state index < -0.39 is 0 Å². The Morgan fingerprint density at radius 3 is 2.26 bits per heavy atom. The zero-order chi connectivity index (χ0) is 16.2. The summed E-state index contributed by atoms with van der Waals surface area (Å²) >= 11 is 0. The van der Waals surface area contributed by atoms with Gasteiger partial charge in [-0.25, -0.2) is 0 Å². The first-order valence-electron chi connectivity index (χ1n) is 7.33. The molecular weight excluding hydrogens is 288 g/mol. The smallest absolute Gasteiger partial charge is 0.160 e. The molecule has 23 heavy (non-hydrogen) atoms. The van der Waals surface area contributed by atoms with Crippen LogP contribution in [0.15, 0.2) is 54.6 Å². The molecule has 116 valence electrons. The van der Waals surface area contributed by atoms with Crippen LogP contribution in [-0.4, -0.2) is 19.3 Å². The van der Waals surface area contributed by atoms with E-state index in [4.69, 9.17) is 9.47 Å². The molecule has 0 saturated heterocycles. The van der Waals surface area contributed by atoms with Crippen LogP contribution in [0, 0.1) is 0 Å². The molecule has 0 amide bonds. The quantitative estimate of drug-likeness (QED) is 0.708. The van der Waals surface area contributed by atoms with Gasteiger partial charge in [-0.05, 0) is 40.8 Å². The highest BCUT2D eigenvalue weighted by molar-refractivity contribution is 5.91. The lowest BCUT2D eigenvalue weighted by Crippen LogP contribution is -1.86. The van der Waals surface area contributed by atoms with Gasteiger partial charge >= 0.3 is 0 Å². The molecule has 0 atom stereocenters. The van der Waals surface area contributed by atoms with Crippen molar-refractivity contribution in [1.82, 2.24) is 0 Å². The molecule has 0 aliphatic rings. The number of methoxy groups -OCH3 is 2. The lowest BCUT2D eigenvalue weighted by molar-refractivity contribution is 0.373. The third-order valence-corrected chi connectivity index (χ3v) is 3.74.